The number of carbonyl (C=O) groups excluding carboxylic acids is 3. The minimum absolute atomic E-state index is 0.571. The van der Waals surface area contributed by atoms with Crippen molar-refractivity contribution in [2.75, 3.05) is 26.4 Å². The van der Waals surface area contributed by atoms with E-state index in [-0.39, 0.29) is 0 Å². The molecule has 0 aromatic carbocycles. The monoisotopic (exact) mass is 336 g/mol. The number of aliphatic hydroxyl groups excluding tert-OH is 3. The number of carbonyl (C=O) groups is 4. The van der Waals surface area contributed by atoms with E-state index < -0.39 is 68.2 Å². The summed E-state index contributed by atoms with van der Waals surface area (Å²) in [5.41, 5.74) is 5.20. The molecule has 0 aromatic rings. The van der Waals surface area contributed by atoms with Crippen LogP contribution in [-0.4, -0.2) is 88.6 Å². The van der Waals surface area contributed by atoms with Gasteiger partial charge in [0.05, 0.1) is 26.4 Å². The Morgan fingerprint density at radius 1 is 0.870 bits per heavy atom. The lowest BCUT2D eigenvalue weighted by atomic mass is 10.2. The molecule has 3 amide bonds. The van der Waals surface area contributed by atoms with Crippen LogP contribution in [0, 0.1) is 0 Å². The standard InChI is InChI=1S/C11H20N4O8/c12-5(2-16)9(20)13-1-8(19)14-6(3-17)10(21)15-7(4-18)11(22)23/h5-7,16-18H,1-4,12H2,(H,13,20)(H,14,19)(H,15,21)(H,22,23)/t5?,6-,7-/m0/s1. The van der Waals surface area contributed by atoms with E-state index >= 15 is 0 Å². The van der Waals surface area contributed by atoms with E-state index in [0.29, 0.717) is 0 Å². The van der Waals surface area contributed by atoms with Crippen molar-refractivity contribution in [3.05, 3.63) is 0 Å². The molecule has 3 atom stereocenters. The molecule has 23 heavy (non-hydrogen) atoms. The molecule has 0 rings (SSSR count). The van der Waals surface area contributed by atoms with Crippen molar-refractivity contribution in [1.29, 1.82) is 0 Å². The fourth-order valence-electron chi connectivity index (χ4n) is 1.28. The second kappa shape index (κ2) is 10.4. The number of carboxylic acids is 1. The van der Waals surface area contributed by atoms with Crippen LogP contribution in [0.1, 0.15) is 0 Å². The highest BCUT2D eigenvalue weighted by molar-refractivity contribution is 5.92. The van der Waals surface area contributed by atoms with Gasteiger partial charge in [0.2, 0.25) is 17.7 Å². The fraction of sp³-hybridized carbons (Fsp3) is 0.636. The van der Waals surface area contributed by atoms with Crippen molar-refractivity contribution in [3.63, 3.8) is 0 Å². The first-order valence-corrected chi connectivity index (χ1v) is 6.45. The summed E-state index contributed by atoms with van der Waals surface area (Å²) in [5, 5.41) is 41.2. The summed E-state index contributed by atoms with van der Waals surface area (Å²) >= 11 is 0. The normalized spacial score (nSPS) is 14.3. The fourth-order valence-corrected chi connectivity index (χ4v) is 1.28. The molecule has 0 saturated carbocycles. The van der Waals surface area contributed by atoms with Crippen molar-refractivity contribution < 1.29 is 39.6 Å². The van der Waals surface area contributed by atoms with Crippen molar-refractivity contribution in [3.8, 4) is 0 Å². The zero-order valence-corrected chi connectivity index (χ0v) is 12.1. The number of aliphatic carboxylic acids is 1. The highest BCUT2D eigenvalue weighted by Crippen LogP contribution is 1.89. The van der Waals surface area contributed by atoms with E-state index in [0.717, 1.165) is 0 Å². The second-order valence-corrected chi connectivity index (χ2v) is 4.39. The molecule has 0 aliphatic heterocycles. The van der Waals surface area contributed by atoms with E-state index in [1.807, 2.05) is 5.32 Å². The van der Waals surface area contributed by atoms with Crippen LogP contribution < -0.4 is 21.7 Å². The molecule has 0 heterocycles. The maximum atomic E-state index is 11.7. The van der Waals surface area contributed by atoms with Gasteiger partial charge >= 0.3 is 5.97 Å². The summed E-state index contributed by atoms with van der Waals surface area (Å²) in [6, 6.07) is -4.27. The average Bonchev–Trinajstić information content (AvgIpc) is 2.53. The third-order valence-electron chi connectivity index (χ3n) is 2.59. The number of hydrogen-bond donors (Lipinski definition) is 8. The van der Waals surface area contributed by atoms with Crippen LogP contribution in [0.3, 0.4) is 0 Å². The lowest BCUT2D eigenvalue weighted by molar-refractivity contribution is -0.143. The van der Waals surface area contributed by atoms with Crippen LogP contribution in [0.25, 0.3) is 0 Å². The Bertz CT molecular complexity index is 444. The Hall–Kier alpha value is -2.28. The summed E-state index contributed by atoms with van der Waals surface area (Å²) in [7, 11) is 0. The maximum Gasteiger partial charge on any atom is 0.328 e. The summed E-state index contributed by atoms with van der Waals surface area (Å²) in [6.45, 7) is -2.90. The minimum atomic E-state index is -1.59. The molecule has 0 radical (unpaired) electrons. The first-order chi connectivity index (χ1) is 10.8. The summed E-state index contributed by atoms with van der Waals surface area (Å²) in [6.07, 6.45) is 0. The van der Waals surface area contributed by atoms with Crippen LogP contribution >= 0.6 is 0 Å². The highest BCUT2D eigenvalue weighted by atomic mass is 16.4. The van der Waals surface area contributed by atoms with Crippen LogP contribution in [0.5, 0.6) is 0 Å². The zero-order valence-electron chi connectivity index (χ0n) is 12.1. The van der Waals surface area contributed by atoms with Gasteiger partial charge in [-0.1, -0.05) is 0 Å². The molecular formula is C11H20N4O8. The molecule has 0 bridgehead atoms. The zero-order chi connectivity index (χ0) is 18.0. The third kappa shape index (κ3) is 7.51. The molecule has 1 unspecified atom stereocenters. The van der Waals surface area contributed by atoms with Crippen LogP contribution in [-0.2, 0) is 19.2 Å². The van der Waals surface area contributed by atoms with Crippen molar-refractivity contribution in [1.82, 2.24) is 16.0 Å². The molecule has 0 fully saturated rings. The van der Waals surface area contributed by atoms with Gasteiger partial charge in [-0.15, -0.1) is 0 Å². The average molecular weight is 336 g/mol. The quantitative estimate of drug-likeness (QED) is 0.191. The predicted molar refractivity (Wildman–Crippen MR) is 73.7 cm³/mol. The molecule has 0 aromatic heterocycles. The Balaban J connectivity index is 4.46. The molecule has 132 valence electrons. The molecule has 0 aliphatic carbocycles. The second-order valence-electron chi connectivity index (χ2n) is 4.39. The Morgan fingerprint density at radius 3 is 1.87 bits per heavy atom. The lowest BCUT2D eigenvalue weighted by Gasteiger charge is -2.19. The van der Waals surface area contributed by atoms with Gasteiger partial charge in [-0.25, -0.2) is 4.79 Å². The smallest absolute Gasteiger partial charge is 0.328 e. The SMILES string of the molecule is NC(CO)C(=O)NCC(=O)N[C@@H](CO)C(=O)N[C@@H](CO)C(=O)O. The largest absolute Gasteiger partial charge is 0.480 e. The minimum Gasteiger partial charge on any atom is -0.480 e. The number of carboxylic acid groups (broad SMARTS) is 1. The summed E-state index contributed by atoms with van der Waals surface area (Å²) in [5.74, 6) is -4.16. The van der Waals surface area contributed by atoms with Gasteiger partial charge < -0.3 is 42.1 Å². The lowest BCUT2D eigenvalue weighted by Crippen LogP contribution is -2.55. The number of hydrogen-bond acceptors (Lipinski definition) is 8. The summed E-state index contributed by atoms with van der Waals surface area (Å²) in [4.78, 5) is 45.1. The Morgan fingerprint density at radius 2 is 1.43 bits per heavy atom. The molecular weight excluding hydrogens is 316 g/mol. The van der Waals surface area contributed by atoms with Crippen molar-refractivity contribution in [2.24, 2.45) is 5.73 Å². The molecule has 9 N–H and O–H groups in total. The first kappa shape index (κ1) is 20.7. The van der Waals surface area contributed by atoms with Crippen LogP contribution in [0.2, 0.25) is 0 Å². The van der Waals surface area contributed by atoms with Gasteiger partial charge in [0.15, 0.2) is 0 Å². The predicted octanol–water partition coefficient (Wildman–Crippen LogP) is -5.54. The van der Waals surface area contributed by atoms with Gasteiger partial charge in [-0.3, -0.25) is 14.4 Å². The Kier molecular flexibility index (Phi) is 9.41. The molecule has 12 nitrogen and oxygen atoms in total. The number of rotatable bonds is 10. The molecule has 0 saturated heterocycles. The van der Waals surface area contributed by atoms with Gasteiger partial charge in [0.1, 0.15) is 18.1 Å². The van der Waals surface area contributed by atoms with Crippen LogP contribution in [0.4, 0.5) is 0 Å². The van der Waals surface area contributed by atoms with E-state index in [1.165, 1.54) is 0 Å². The summed E-state index contributed by atoms with van der Waals surface area (Å²) < 4.78 is 0. The number of nitrogens with one attached hydrogen (secondary N) is 3. The first-order valence-electron chi connectivity index (χ1n) is 6.45. The van der Waals surface area contributed by atoms with Gasteiger partial charge in [0, 0.05) is 0 Å². The van der Waals surface area contributed by atoms with E-state index in [1.54, 1.807) is 0 Å². The number of aliphatic hydroxyl groups is 3. The number of amides is 3. The Labute approximate surface area is 130 Å². The molecule has 12 heteroatoms. The maximum absolute atomic E-state index is 11.7. The van der Waals surface area contributed by atoms with Gasteiger partial charge in [0.25, 0.3) is 0 Å². The van der Waals surface area contributed by atoms with Gasteiger partial charge in [-0.05, 0) is 0 Å². The van der Waals surface area contributed by atoms with E-state index in [2.05, 4.69) is 10.6 Å². The third-order valence-corrected chi connectivity index (χ3v) is 2.59. The van der Waals surface area contributed by atoms with Crippen LogP contribution in [0.15, 0.2) is 0 Å². The van der Waals surface area contributed by atoms with E-state index in [4.69, 9.17) is 26.2 Å². The molecule has 0 spiro atoms. The van der Waals surface area contributed by atoms with Crippen molar-refractivity contribution >= 4 is 23.7 Å². The van der Waals surface area contributed by atoms with Crippen molar-refractivity contribution in [2.45, 2.75) is 18.1 Å². The topological polar surface area (TPSA) is 211 Å². The number of nitrogens with two attached hydrogens (primary N) is 1. The van der Waals surface area contributed by atoms with E-state index in [9.17, 15) is 19.2 Å². The van der Waals surface area contributed by atoms with Gasteiger partial charge in [-0.2, -0.15) is 0 Å². The highest BCUT2D eigenvalue weighted by Gasteiger charge is 2.25. The molecule has 0 aliphatic rings.